The van der Waals surface area contributed by atoms with Crippen LogP contribution in [0.3, 0.4) is 0 Å². The number of likely N-dealkylation sites (tertiary alicyclic amines) is 1. The number of alkyl halides is 1. The molecule has 2 aliphatic rings. The minimum atomic E-state index is -0.993. The summed E-state index contributed by atoms with van der Waals surface area (Å²) in [5.74, 6) is 2.43. The van der Waals surface area contributed by atoms with Crippen LogP contribution in [0.2, 0.25) is 0 Å². The monoisotopic (exact) mass is 568 g/mol. The second-order valence-electron chi connectivity index (χ2n) is 10.3. The fraction of sp³-hybridized carbons (Fsp3) is 0.414. The van der Waals surface area contributed by atoms with Gasteiger partial charge in [0.1, 0.15) is 17.1 Å². The third-order valence-electron chi connectivity index (χ3n) is 7.64. The van der Waals surface area contributed by atoms with Gasteiger partial charge in [-0.3, -0.25) is 13.9 Å². The first-order valence-electron chi connectivity index (χ1n) is 13.3. The van der Waals surface area contributed by atoms with E-state index in [9.17, 15) is 9.18 Å². The van der Waals surface area contributed by atoms with Gasteiger partial charge in [0.05, 0.1) is 43.4 Å². The number of nitrogens with one attached hydrogen (secondary N) is 1. The Hall–Kier alpha value is -4.40. The number of aromatic nitrogens is 3. The maximum absolute atomic E-state index is 15.0. The van der Waals surface area contributed by atoms with Crippen molar-refractivity contribution in [2.24, 2.45) is 5.41 Å². The molecule has 3 aromatic rings. The lowest BCUT2D eigenvalue weighted by Gasteiger charge is -2.16. The summed E-state index contributed by atoms with van der Waals surface area (Å²) >= 11 is 0. The highest BCUT2D eigenvalue weighted by Gasteiger charge is 2.43. The lowest BCUT2D eigenvalue weighted by atomic mass is 10.1. The van der Waals surface area contributed by atoms with Crippen LogP contribution in [0.15, 0.2) is 24.5 Å². The third kappa shape index (κ3) is 5.24. The normalized spacial score (nSPS) is 17.5. The molecule has 3 N–H and O–H groups in total. The van der Waals surface area contributed by atoms with Gasteiger partial charge in [-0.1, -0.05) is 12.0 Å². The number of fused-ring (bicyclic) bond motifs is 1. The van der Waals surface area contributed by atoms with Crippen LogP contribution < -0.4 is 20.5 Å². The van der Waals surface area contributed by atoms with Crippen molar-refractivity contribution in [3.63, 3.8) is 0 Å². The first-order chi connectivity index (χ1) is 19.8. The van der Waals surface area contributed by atoms with Crippen LogP contribution in [0, 0.1) is 28.9 Å². The van der Waals surface area contributed by atoms with Gasteiger partial charge in [0.25, 0.3) is 5.91 Å². The van der Waals surface area contributed by atoms with Crippen LogP contribution in [0.1, 0.15) is 53.8 Å². The summed E-state index contributed by atoms with van der Waals surface area (Å²) in [7, 11) is 2.50. The fourth-order valence-electron chi connectivity index (χ4n) is 5.04. The van der Waals surface area contributed by atoms with Gasteiger partial charge in [-0.2, -0.15) is 5.10 Å². The highest BCUT2D eigenvalue weighted by Crippen LogP contribution is 2.45. The highest BCUT2D eigenvalue weighted by atomic mass is 19.1. The van der Waals surface area contributed by atoms with Crippen LogP contribution in [0.4, 0.5) is 19.0 Å². The van der Waals surface area contributed by atoms with Gasteiger partial charge >= 0.3 is 0 Å². The minimum absolute atomic E-state index is 0.0574. The number of carbonyl (C=O) groups excluding carboxylic acids is 1. The van der Waals surface area contributed by atoms with E-state index >= 15 is 8.78 Å². The van der Waals surface area contributed by atoms with Crippen LogP contribution in [-0.2, 0) is 0 Å². The zero-order chi connectivity index (χ0) is 29.3. The number of nitrogen functional groups attached to an aromatic ring is 1. The number of halogens is 3. The number of benzene rings is 1. The summed E-state index contributed by atoms with van der Waals surface area (Å²) in [6.07, 6.45) is 7.42. The molecule has 3 heterocycles. The molecule has 9 nitrogen and oxygen atoms in total. The van der Waals surface area contributed by atoms with Crippen molar-refractivity contribution in [2.45, 2.75) is 32.2 Å². The Bertz CT molecular complexity index is 1560. The smallest absolute Gasteiger partial charge is 0.255 e. The summed E-state index contributed by atoms with van der Waals surface area (Å²) in [4.78, 5) is 19.7. The molecule has 1 amide bonds. The van der Waals surface area contributed by atoms with E-state index in [0.717, 1.165) is 19.0 Å². The van der Waals surface area contributed by atoms with Crippen LogP contribution in [0.25, 0.3) is 10.9 Å². The number of hydrogen-bond acceptors (Lipinski definition) is 7. The van der Waals surface area contributed by atoms with Gasteiger partial charge in [0, 0.05) is 37.3 Å². The van der Waals surface area contributed by atoms with Gasteiger partial charge in [-0.05, 0) is 38.3 Å². The molecule has 1 atom stereocenters. The van der Waals surface area contributed by atoms with E-state index in [1.165, 1.54) is 20.4 Å². The molecule has 216 valence electrons. The molecule has 1 saturated carbocycles. The molecule has 2 aromatic heterocycles. The summed E-state index contributed by atoms with van der Waals surface area (Å²) < 4.78 is 55.2. The minimum Gasteiger partial charge on any atom is -0.493 e. The Morgan fingerprint density at radius 3 is 2.56 bits per heavy atom. The average molecular weight is 569 g/mol. The SMILES string of the molecule is CC=CN1CC[C@H](n2nc(C#Cc3c(F)c(OC)cc(OC)c3F)c3c(N)ncc(C(=O)NCC4(CF)CC4)c32)C1. The van der Waals surface area contributed by atoms with E-state index in [1.807, 2.05) is 19.2 Å². The van der Waals surface area contributed by atoms with Gasteiger partial charge in [-0.25, -0.2) is 13.8 Å². The number of allylic oxidation sites excluding steroid dienone is 1. The molecule has 2 fully saturated rings. The molecule has 0 spiro atoms. The number of rotatable bonds is 8. The van der Waals surface area contributed by atoms with Crippen LogP contribution in [-0.4, -0.2) is 66.1 Å². The van der Waals surface area contributed by atoms with Crippen molar-refractivity contribution in [3.8, 4) is 23.3 Å². The number of ether oxygens (including phenoxy) is 2. The predicted octanol–water partition coefficient (Wildman–Crippen LogP) is 3.97. The van der Waals surface area contributed by atoms with E-state index in [2.05, 4.69) is 27.0 Å². The Balaban J connectivity index is 1.64. The van der Waals surface area contributed by atoms with Gasteiger partial charge in [-0.15, -0.1) is 0 Å². The van der Waals surface area contributed by atoms with Gasteiger partial charge in [0.2, 0.25) is 0 Å². The molecule has 1 saturated heterocycles. The Morgan fingerprint density at radius 1 is 1.24 bits per heavy atom. The predicted molar refractivity (Wildman–Crippen MR) is 147 cm³/mol. The van der Waals surface area contributed by atoms with Crippen molar-refractivity contribution >= 4 is 22.6 Å². The van der Waals surface area contributed by atoms with E-state index in [-0.39, 0.29) is 46.5 Å². The van der Waals surface area contributed by atoms with Crippen LogP contribution in [0.5, 0.6) is 11.5 Å². The van der Waals surface area contributed by atoms with Crippen molar-refractivity contribution in [2.75, 3.05) is 46.3 Å². The summed E-state index contributed by atoms with van der Waals surface area (Å²) in [5, 5.41) is 7.81. The number of hydrogen-bond donors (Lipinski definition) is 2. The fourth-order valence-corrected chi connectivity index (χ4v) is 5.04. The molecular weight excluding hydrogens is 537 g/mol. The Kier molecular flexibility index (Phi) is 7.71. The molecule has 41 heavy (non-hydrogen) atoms. The quantitative estimate of drug-likeness (QED) is 0.396. The maximum atomic E-state index is 15.0. The maximum Gasteiger partial charge on any atom is 0.255 e. The highest BCUT2D eigenvalue weighted by molar-refractivity contribution is 6.09. The van der Waals surface area contributed by atoms with E-state index < -0.39 is 35.2 Å². The number of methoxy groups -OCH3 is 2. The lowest BCUT2D eigenvalue weighted by Crippen LogP contribution is -2.31. The molecule has 1 aliphatic carbocycles. The zero-order valence-corrected chi connectivity index (χ0v) is 23.1. The average Bonchev–Trinajstić information content (AvgIpc) is 3.43. The van der Waals surface area contributed by atoms with Crippen molar-refractivity contribution in [3.05, 3.63) is 53.0 Å². The number of amides is 1. The van der Waals surface area contributed by atoms with E-state index in [1.54, 1.807) is 4.68 Å². The largest absolute Gasteiger partial charge is 0.493 e. The number of nitrogens with two attached hydrogens (primary N) is 1. The van der Waals surface area contributed by atoms with Gasteiger partial charge < -0.3 is 25.4 Å². The second kappa shape index (κ2) is 11.2. The molecule has 12 heteroatoms. The van der Waals surface area contributed by atoms with Crippen molar-refractivity contribution in [1.29, 1.82) is 0 Å². The molecule has 5 rings (SSSR count). The summed E-state index contributed by atoms with van der Waals surface area (Å²) in [5.41, 5.74) is 5.91. The molecule has 0 unspecified atom stereocenters. The Labute approximate surface area is 235 Å². The van der Waals surface area contributed by atoms with Crippen molar-refractivity contribution in [1.82, 2.24) is 25.0 Å². The van der Waals surface area contributed by atoms with Crippen LogP contribution >= 0.6 is 0 Å². The number of pyridine rings is 1. The topological polar surface area (TPSA) is 108 Å². The van der Waals surface area contributed by atoms with Gasteiger partial charge in [0.15, 0.2) is 23.1 Å². The number of nitrogens with zero attached hydrogens (tertiary/aromatic N) is 4. The Morgan fingerprint density at radius 2 is 1.95 bits per heavy atom. The first kappa shape index (κ1) is 28.1. The summed E-state index contributed by atoms with van der Waals surface area (Å²) in [6, 6.07) is 0.946. The molecule has 0 radical (unpaired) electrons. The molecule has 1 aliphatic heterocycles. The molecular formula is C29H31F3N6O3. The van der Waals surface area contributed by atoms with E-state index in [4.69, 9.17) is 20.3 Å². The third-order valence-corrected chi connectivity index (χ3v) is 7.64. The van der Waals surface area contributed by atoms with Crippen molar-refractivity contribution < 1.29 is 27.4 Å². The zero-order valence-electron chi connectivity index (χ0n) is 23.1. The number of anilines is 1. The lowest BCUT2D eigenvalue weighted by molar-refractivity contribution is 0.0943. The number of carbonyl (C=O) groups is 1. The first-order valence-corrected chi connectivity index (χ1v) is 13.3. The summed E-state index contributed by atoms with van der Waals surface area (Å²) in [6.45, 7) is 2.99. The molecule has 1 aromatic carbocycles. The van der Waals surface area contributed by atoms with E-state index in [0.29, 0.717) is 24.9 Å². The molecule has 0 bridgehead atoms. The standard InChI is InChI=1S/C29H31F3N6O3/c1-4-10-37-11-7-17(14-37)38-26-19(28(39)35-16-29(15-30)8-9-29)13-34-27(33)23(26)20(36-38)6-5-18-24(31)21(40-2)12-22(41-3)25(18)32/h4,10,12-13,17H,7-9,11,14-16H2,1-3H3,(H2,33,34)(H,35,39)/t17-/m0/s1. The second-order valence-corrected chi connectivity index (χ2v) is 10.3.